The monoisotopic (exact) mass is 532 g/mol. The van der Waals surface area contributed by atoms with Crippen LogP contribution in [0.4, 0.5) is 0 Å². The van der Waals surface area contributed by atoms with Gasteiger partial charge in [-0.3, -0.25) is 9.59 Å². The molecule has 0 bridgehead atoms. The maximum Gasteiger partial charge on any atom is 0.222 e. The lowest BCUT2D eigenvalue weighted by Crippen LogP contribution is -2.56. The van der Waals surface area contributed by atoms with E-state index in [1.165, 1.54) is 0 Å². The fourth-order valence-electron chi connectivity index (χ4n) is 3.51. The Labute approximate surface area is 225 Å². The highest BCUT2D eigenvalue weighted by Gasteiger charge is 2.31. The van der Waals surface area contributed by atoms with E-state index in [0.29, 0.717) is 78.2 Å². The molecule has 11 heteroatoms. The first-order valence-corrected chi connectivity index (χ1v) is 13.9. The SMILES string of the molecule is CCNC(COCCCNC(C)C)(COCCC(=O)NCCCNC)COCCC(=O)NCCCNC. The number of hydrogen-bond acceptors (Lipinski definition) is 9. The summed E-state index contributed by atoms with van der Waals surface area (Å²) >= 11 is 0. The number of likely N-dealkylation sites (N-methyl/N-ethyl adjacent to an activating group) is 1. The van der Waals surface area contributed by atoms with Gasteiger partial charge < -0.3 is 46.1 Å². The second-order valence-electron chi connectivity index (χ2n) is 9.54. The van der Waals surface area contributed by atoms with E-state index in [1.54, 1.807) is 0 Å². The third kappa shape index (κ3) is 22.4. The molecule has 0 saturated heterocycles. The van der Waals surface area contributed by atoms with Crippen LogP contribution in [0.5, 0.6) is 0 Å². The Balaban J connectivity index is 4.64. The van der Waals surface area contributed by atoms with Gasteiger partial charge in [0.25, 0.3) is 0 Å². The molecule has 220 valence electrons. The van der Waals surface area contributed by atoms with Crippen molar-refractivity contribution in [3.8, 4) is 0 Å². The van der Waals surface area contributed by atoms with Crippen LogP contribution < -0.4 is 31.9 Å². The van der Waals surface area contributed by atoms with Gasteiger partial charge in [-0.05, 0) is 59.5 Å². The van der Waals surface area contributed by atoms with Crippen LogP contribution in [0.3, 0.4) is 0 Å². The molecule has 0 fully saturated rings. The summed E-state index contributed by atoms with van der Waals surface area (Å²) in [5.74, 6) is -0.0351. The van der Waals surface area contributed by atoms with E-state index in [-0.39, 0.29) is 11.8 Å². The van der Waals surface area contributed by atoms with Crippen LogP contribution in [0.1, 0.15) is 52.9 Å². The molecule has 0 aromatic rings. The van der Waals surface area contributed by atoms with E-state index >= 15 is 0 Å². The molecule has 0 aromatic carbocycles. The Morgan fingerprint density at radius 3 is 1.62 bits per heavy atom. The molecular weight excluding hydrogens is 476 g/mol. The zero-order chi connectivity index (χ0) is 27.6. The van der Waals surface area contributed by atoms with E-state index in [2.05, 4.69) is 45.7 Å². The Hall–Kier alpha value is -1.34. The van der Waals surface area contributed by atoms with E-state index < -0.39 is 5.54 Å². The van der Waals surface area contributed by atoms with Gasteiger partial charge in [-0.2, -0.15) is 0 Å². The number of ether oxygens (including phenoxy) is 3. The van der Waals surface area contributed by atoms with Gasteiger partial charge in [-0.15, -0.1) is 0 Å². The standard InChI is InChI=1S/C26H56N6O5/c1-6-32-26(20-35-17-9-16-29-23(2)3,21-36-18-10-24(33)30-14-7-12-27-4)22-37-19-11-25(34)31-15-8-13-28-5/h23,27-29,32H,6-22H2,1-5H3,(H,30,33)(H,31,34). The lowest BCUT2D eigenvalue weighted by atomic mass is 10.0. The topological polar surface area (TPSA) is 134 Å². The normalized spacial score (nSPS) is 11.7. The smallest absolute Gasteiger partial charge is 0.222 e. The maximum atomic E-state index is 12.0. The summed E-state index contributed by atoms with van der Waals surface area (Å²) in [6.45, 7) is 13.3. The lowest BCUT2D eigenvalue weighted by molar-refractivity contribution is -0.122. The van der Waals surface area contributed by atoms with Gasteiger partial charge in [0, 0.05) is 38.6 Å². The highest BCUT2D eigenvalue weighted by molar-refractivity contribution is 5.76. The second-order valence-corrected chi connectivity index (χ2v) is 9.54. The molecule has 0 radical (unpaired) electrons. The van der Waals surface area contributed by atoms with Crippen LogP contribution in [0, 0.1) is 0 Å². The van der Waals surface area contributed by atoms with Gasteiger partial charge in [-0.25, -0.2) is 0 Å². The number of carbonyl (C=O) groups is 2. The van der Waals surface area contributed by atoms with E-state index in [0.717, 1.165) is 38.9 Å². The summed E-state index contributed by atoms with van der Waals surface area (Å²) < 4.78 is 17.9. The second kappa shape index (κ2) is 25.0. The van der Waals surface area contributed by atoms with Crippen LogP contribution in [0.25, 0.3) is 0 Å². The predicted octanol–water partition coefficient (Wildman–Crippen LogP) is 0.00420. The van der Waals surface area contributed by atoms with Crippen molar-refractivity contribution in [3.05, 3.63) is 0 Å². The Bertz CT molecular complexity index is 522. The van der Waals surface area contributed by atoms with Gasteiger partial charge in [-0.1, -0.05) is 20.8 Å². The Kier molecular flexibility index (Phi) is 24.1. The quantitative estimate of drug-likeness (QED) is 0.0809. The third-order valence-electron chi connectivity index (χ3n) is 5.50. The molecule has 2 amide bonds. The van der Waals surface area contributed by atoms with Gasteiger partial charge >= 0.3 is 0 Å². The summed E-state index contributed by atoms with van der Waals surface area (Å²) in [6.07, 6.45) is 3.30. The first-order chi connectivity index (χ1) is 17.9. The molecule has 0 atom stereocenters. The van der Waals surface area contributed by atoms with Crippen LogP contribution in [0.2, 0.25) is 0 Å². The van der Waals surface area contributed by atoms with Crippen molar-refractivity contribution in [2.45, 2.75) is 64.5 Å². The number of carbonyl (C=O) groups excluding carboxylic acids is 2. The molecule has 0 unspecified atom stereocenters. The fraction of sp³-hybridized carbons (Fsp3) is 0.923. The maximum absolute atomic E-state index is 12.0. The molecule has 0 spiro atoms. The first kappa shape index (κ1) is 35.7. The van der Waals surface area contributed by atoms with Crippen LogP contribution >= 0.6 is 0 Å². The zero-order valence-electron chi connectivity index (χ0n) is 24.1. The van der Waals surface area contributed by atoms with Crippen molar-refractivity contribution < 1.29 is 23.8 Å². The number of nitrogens with one attached hydrogen (secondary N) is 6. The van der Waals surface area contributed by atoms with Crippen molar-refractivity contribution in [1.82, 2.24) is 31.9 Å². The minimum absolute atomic E-state index is 0.0176. The zero-order valence-corrected chi connectivity index (χ0v) is 24.1. The predicted molar refractivity (Wildman–Crippen MR) is 149 cm³/mol. The molecule has 11 nitrogen and oxygen atoms in total. The van der Waals surface area contributed by atoms with E-state index in [9.17, 15) is 9.59 Å². The molecule has 0 aromatic heterocycles. The Morgan fingerprint density at radius 2 is 1.19 bits per heavy atom. The molecule has 0 heterocycles. The summed E-state index contributed by atoms with van der Waals surface area (Å²) in [5.41, 5.74) is -0.563. The fourth-order valence-corrected chi connectivity index (χ4v) is 3.51. The van der Waals surface area contributed by atoms with E-state index in [1.807, 2.05) is 21.0 Å². The average Bonchev–Trinajstić information content (AvgIpc) is 2.87. The molecule has 37 heavy (non-hydrogen) atoms. The Morgan fingerprint density at radius 1 is 0.703 bits per heavy atom. The third-order valence-corrected chi connectivity index (χ3v) is 5.50. The minimum atomic E-state index is -0.563. The van der Waals surface area contributed by atoms with Crippen LogP contribution in [-0.4, -0.2) is 116 Å². The highest BCUT2D eigenvalue weighted by Crippen LogP contribution is 2.10. The average molecular weight is 533 g/mol. The van der Waals surface area contributed by atoms with Crippen LogP contribution in [-0.2, 0) is 23.8 Å². The number of rotatable bonds is 27. The highest BCUT2D eigenvalue weighted by atomic mass is 16.5. The van der Waals surface area contributed by atoms with Crippen molar-refractivity contribution in [3.63, 3.8) is 0 Å². The molecule has 0 saturated carbocycles. The van der Waals surface area contributed by atoms with Gasteiger partial charge in [0.1, 0.15) is 0 Å². The van der Waals surface area contributed by atoms with Crippen molar-refractivity contribution in [2.24, 2.45) is 0 Å². The lowest BCUT2D eigenvalue weighted by Gasteiger charge is -2.34. The molecular formula is C26H56N6O5. The number of amides is 2. The largest absolute Gasteiger partial charge is 0.379 e. The molecule has 0 rings (SSSR count). The summed E-state index contributed by atoms with van der Waals surface area (Å²) in [6, 6.07) is 0.448. The van der Waals surface area contributed by atoms with Gasteiger partial charge in [0.2, 0.25) is 11.8 Å². The summed E-state index contributed by atoms with van der Waals surface area (Å²) in [7, 11) is 3.78. The molecule has 0 aliphatic heterocycles. The van der Waals surface area contributed by atoms with Crippen LogP contribution in [0.15, 0.2) is 0 Å². The van der Waals surface area contributed by atoms with Crippen molar-refractivity contribution in [2.75, 3.05) is 93.0 Å². The van der Waals surface area contributed by atoms with E-state index in [4.69, 9.17) is 14.2 Å². The van der Waals surface area contributed by atoms with Crippen molar-refractivity contribution >= 4 is 11.8 Å². The summed E-state index contributed by atoms with van der Waals surface area (Å²) in [5, 5.41) is 18.8. The molecule has 0 aliphatic carbocycles. The van der Waals surface area contributed by atoms with Crippen molar-refractivity contribution in [1.29, 1.82) is 0 Å². The van der Waals surface area contributed by atoms with Gasteiger partial charge in [0.15, 0.2) is 0 Å². The summed E-state index contributed by atoms with van der Waals surface area (Å²) in [4.78, 5) is 24.1. The van der Waals surface area contributed by atoms with Gasteiger partial charge in [0.05, 0.1) is 38.6 Å². The molecule has 0 aliphatic rings. The molecule has 6 N–H and O–H groups in total. The minimum Gasteiger partial charge on any atom is -0.379 e. The number of hydrogen-bond donors (Lipinski definition) is 6. The first-order valence-electron chi connectivity index (χ1n) is 13.9.